The molecular formula is C8H13NO3. The van der Waals surface area contributed by atoms with E-state index in [1.807, 2.05) is 0 Å². The van der Waals surface area contributed by atoms with E-state index in [4.69, 9.17) is 15.6 Å². The van der Waals surface area contributed by atoms with Crippen molar-refractivity contribution in [3.8, 4) is 0 Å². The Labute approximate surface area is 70.7 Å². The molecule has 2 saturated heterocycles. The standard InChI is InChI=1S/C8H13NO3/c9-4-8-1-5(2-8)6(3-12-8)7(10)11/h5-6H,1-4,9H2,(H,10,11). The Kier molecular flexibility index (Phi) is 1.63. The van der Waals surface area contributed by atoms with Crippen LogP contribution in [-0.2, 0) is 9.53 Å². The number of ether oxygens (including phenoxy) is 1. The second-order valence-corrected chi connectivity index (χ2v) is 3.81. The first kappa shape index (κ1) is 8.01. The number of hydrogen-bond acceptors (Lipinski definition) is 3. The highest BCUT2D eigenvalue weighted by atomic mass is 16.5. The van der Waals surface area contributed by atoms with Crippen molar-refractivity contribution in [2.75, 3.05) is 13.2 Å². The molecule has 4 nitrogen and oxygen atoms in total. The van der Waals surface area contributed by atoms with E-state index in [9.17, 15) is 4.79 Å². The lowest BCUT2D eigenvalue weighted by Gasteiger charge is -2.53. The van der Waals surface area contributed by atoms with Gasteiger partial charge in [-0.2, -0.15) is 0 Å². The van der Waals surface area contributed by atoms with Gasteiger partial charge in [0.2, 0.25) is 0 Å². The summed E-state index contributed by atoms with van der Waals surface area (Å²) in [6.45, 7) is 0.868. The Bertz CT molecular complexity index is 205. The van der Waals surface area contributed by atoms with Gasteiger partial charge in [-0.25, -0.2) is 0 Å². The lowest BCUT2D eigenvalue weighted by Crippen LogP contribution is -2.60. The minimum atomic E-state index is -0.731. The number of rotatable bonds is 2. The topological polar surface area (TPSA) is 72.6 Å². The summed E-state index contributed by atoms with van der Waals surface area (Å²) in [5.41, 5.74) is 5.37. The summed E-state index contributed by atoms with van der Waals surface area (Å²) in [5, 5.41) is 8.78. The van der Waals surface area contributed by atoms with Crippen LogP contribution in [0.5, 0.6) is 0 Å². The highest BCUT2D eigenvalue weighted by Crippen LogP contribution is 2.49. The number of aliphatic carboxylic acids is 1. The number of carboxylic acid groups (broad SMARTS) is 1. The maximum atomic E-state index is 10.7. The van der Waals surface area contributed by atoms with Crippen molar-refractivity contribution in [1.29, 1.82) is 0 Å². The molecule has 1 unspecified atom stereocenters. The number of hydrogen-bond donors (Lipinski definition) is 2. The van der Waals surface area contributed by atoms with Gasteiger partial charge in [-0.3, -0.25) is 4.79 Å². The lowest BCUT2D eigenvalue weighted by molar-refractivity contribution is -0.209. The average Bonchev–Trinajstić information content (AvgIpc) is 2.02. The molecule has 1 atom stereocenters. The highest BCUT2D eigenvalue weighted by Gasteiger charge is 2.53. The molecular weight excluding hydrogens is 158 g/mol. The molecule has 0 spiro atoms. The van der Waals surface area contributed by atoms with Crippen LogP contribution in [0.15, 0.2) is 0 Å². The maximum Gasteiger partial charge on any atom is 0.309 e. The van der Waals surface area contributed by atoms with Gasteiger partial charge >= 0.3 is 5.97 Å². The number of nitrogens with two attached hydrogens (primary N) is 1. The molecule has 0 aromatic carbocycles. The Morgan fingerprint density at radius 2 is 2.33 bits per heavy atom. The van der Waals surface area contributed by atoms with Crippen molar-refractivity contribution in [2.24, 2.45) is 17.6 Å². The molecule has 3 fully saturated rings. The van der Waals surface area contributed by atoms with E-state index in [1.165, 1.54) is 0 Å². The smallest absolute Gasteiger partial charge is 0.309 e. The van der Waals surface area contributed by atoms with E-state index in [2.05, 4.69) is 0 Å². The Morgan fingerprint density at radius 3 is 2.67 bits per heavy atom. The molecule has 0 aromatic heterocycles. The molecule has 1 saturated carbocycles. The first-order valence-electron chi connectivity index (χ1n) is 4.24. The van der Waals surface area contributed by atoms with E-state index in [1.54, 1.807) is 0 Å². The van der Waals surface area contributed by atoms with Gasteiger partial charge in [0.05, 0.1) is 18.1 Å². The van der Waals surface area contributed by atoms with Crippen LogP contribution >= 0.6 is 0 Å². The predicted octanol–water partition coefficient (Wildman–Crippen LogP) is -0.175. The number of carboxylic acids is 1. The molecule has 1 aliphatic carbocycles. The fourth-order valence-corrected chi connectivity index (χ4v) is 2.20. The SMILES string of the molecule is NCC12CC(C1)C(C(=O)O)CO2. The fourth-order valence-electron chi connectivity index (χ4n) is 2.20. The summed E-state index contributed by atoms with van der Waals surface area (Å²) in [7, 11) is 0. The molecule has 3 rings (SSSR count). The fraction of sp³-hybridized carbons (Fsp3) is 0.875. The van der Waals surface area contributed by atoms with Gasteiger partial charge in [0.15, 0.2) is 0 Å². The van der Waals surface area contributed by atoms with Crippen LogP contribution in [0.2, 0.25) is 0 Å². The molecule has 3 aliphatic rings. The summed E-state index contributed by atoms with van der Waals surface area (Å²) >= 11 is 0. The van der Waals surface area contributed by atoms with Crippen molar-refractivity contribution in [3.63, 3.8) is 0 Å². The third-order valence-electron chi connectivity index (χ3n) is 3.10. The van der Waals surface area contributed by atoms with Crippen molar-refractivity contribution < 1.29 is 14.6 Å². The highest BCUT2D eigenvalue weighted by molar-refractivity contribution is 5.71. The first-order chi connectivity index (χ1) is 5.67. The quantitative estimate of drug-likeness (QED) is 0.604. The molecule has 12 heavy (non-hydrogen) atoms. The predicted molar refractivity (Wildman–Crippen MR) is 41.6 cm³/mol. The van der Waals surface area contributed by atoms with Crippen molar-refractivity contribution in [1.82, 2.24) is 0 Å². The van der Waals surface area contributed by atoms with Gasteiger partial charge in [0.1, 0.15) is 0 Å². The minimum Gasteiger partial charge on any atom is -0.481 e. The molecule has 68 valence electrons. The Hall–Kier alpha value is -0.610. The molecule has 2 bridgehead atoms. The van der Waals surface area contributed by atoms with Crippen molar-refractivity contribution in [2.45, 2.75) is 18.4 Å². The van der Waals surface area contributed by atoms with E-state index in [0.717, 1.165) is 12.8 Å². The Morgan fingerprint density at radius 1 is 1.67 bits per heavy atom. The Balaban J connectivity index is 2.01. The van der Waals surface area contributed by atoms with E-state index < -0.39 is 5.97 Å². The summed E-state index contributed by atoms with van der Waals surface area (Å²) in [6.07, 6.45) is 1.67. The molecule has 4 heteroatoms. The third-order valence-corrected chi connectivity index (χ3v) is 3.10. The monoisotopic (exact) mass is 171 g/mol. The lowest BCUT2D eigenvalue weighted by atomic mass is 9.63. The van der Waals surface area contributed by atoms with Crippen LogP contribution in [0.25, 0.3) is 0 Å². The van der Waals surface area contributed by atoms with Gasteiger partial charge in [-0.05, 0) is 18.8 Å². The molecule has 0 radical (unpaired) electrons. The van der Waals surface area contributed by atoms with E-state index in [-0.39, 0.29) is 11.5 Å². The first-order valence-corrected chi connectivity index (χ1v) is 4.24. The van der Waals surface area contributed by atoms with Crippen LogP contribution in [0.3, 0.4) is 0 Å². The van der Waals surface area contributed by atoms with Gasteiger partial charge in [-0.1, -0.05) is 0 Å². The van der Waals surface area contributed by atoms with Gasteiger partial charge < -0.3 is 15.6 Å². The second kappa shape index (κ2) is 2.44. The largest absolute Gasteiger partial charge is 0.481 e. The average molecular weight is 171 g/mol. The van der Waals surface area contributed by atoms with Gasteiger partial charge in [-0.15, -0.1) is 0 Å². The zero-order chi connectivity index (χ0) is 8.77. The maximum absolute atomic E-state index is 10.7. The second-order valence-electron chi connectivity index (χ2n) is 3.81. The summed E-state index contributed by atoms with van der Waals surface area (Å²) < 4.78 is 5.45. The number of fused-ring (bicyclic) bond motifs is 2. The van der Waals surface area contributed by atoms with Gasteiger partial charge in [0.25, 0.3) is 0 Å². The summed E-state index contributed by atoms with van der Waals surface area (Å²) in [6, 6.07) is 0. The zero-order valence-corrected chi connectivity index (χ0v) is 6.82. The van der Waals surface area contributed by atoms with E-state index in [0.29, 0.717) is 19.1 Å². The number of carbonyl (C=O) groups is 1. The molecule has 2 heterocycles. The van der Waals surface area contributed by atoms with E-state index >= 15 is 0 Å². The van der Waals surface area contributed by atoms with Crippen molar-refractivity contribution >= 4 is 5.97 Å². The zero-order valence-electron chi connectivity index (χ0n) is 6.82. The van der Waals surface area contributed by atoms with Crippen LogP contribution in [0, 0.1) is 11.8 Å². The molecule has 0 amide bonds. The molecule has 0 aromatic rings. The van der Waals surface area contributed by atoms with Crippen LogP contribution < -0.4 is 5.73 Å². The van der Waals surface area contributed by atoms with Crippen LogP contribution in [0.4, 0.5) is 0 Å². The summed E-state index contributed by atoms with van der Waals surface area (Å²) in [5.74, 6) is -0.719. The normalized spacial score (nSPS) is 45.1. The summed E-state index contributed by atoms with van der Waals surface area (Å²) in [4.78, 5) is 10.7. The van der Waals surface area contributed by atoms with Crippen LogP contribution in [0.1, 0.15) is 12.8 Å². The third kappa shape index (κ3) is 0.949. The molecule has 2 aliphatic heterocycles. The van der Waals surface area contributed by atoms with Crippen LogP contribution in [-0.4, -0.2) is 29.8 Å². The van der Waals surface area contributed by atoms with Gasteiger partial charge in [0, 0.05) is 6.54 Å². The van der Waals surface area contributed by atoms with Crippen molar-refractivity contribution in [3.05, 3.63) is 0 Å². The molecule has 3 N–H and O–H groups in total. The minimum absolute atomic E-state index is 0.156.